The Labute approximate surface area is 71.0 Å². The second-order valence-corrected chi connectivity index (χ2v) is 3.02. The van der Waals surface area contributed by atoms with Gasteiger partial charge in [-0.2, -0.15) is 0 Å². The summed E-state index contributed by atoms with van der Waals surface area (Å²) >= 11 is 0. The Hall–Kier alpha value is -0.520. The van der Waals surface area contributed by atoms with Gasteiger partial charge in [-0.3, -0.25) is 0 Å². The highest BCUT2D eigenvalue weighted by molar-refractivity contribution is 4.79. The summed E-state index contributed by atoms with van der Waals surface area (Å²) in [7, 11) is 0. The van der Waals surface area contributed by atoms with Crippen LogP contribution in [0.2, 0.25) is 0 Å². The van der Waals surface area contributed by atoms with Gasteiger partial charge >= 0.3 is 0 Å². The molecule has 0 aromatic heterocycles. The molecule has 0 bridgehead atoms. The molecule has 0 aliphatic heterocycles. The van der Waals surface area contributed by atoms with E-state index in [1.807, 2.05) is 12.2 Å². The van der Waals surface area contributed by atoms with Crippen molar-refractivity contribution in [3.8, 4) is 0 Å². The van der Waals surface area contributed by atoms with Gasteiger partial charge in [0, 0.05) is 0 Å². The molecule has 1 unspecified atom stereocenters. The van der Waals surface area contributed by atoms with Gasteiger partial charge in [0.15, 0.2) is 0 Å². The Morgan fingerprint density at radius 1 is 1.27 bits per heavy atom. The lowest BCUT2D eigenvalue weighted by Crippen LogP contribution is -1.92. The first kappa shape index (κ1) is 10.5. The van der Waals surface area contributed by atoms with Crippen LogP contribution in [0.5, 0.6) is 0 Å². The van der Waals surface area contributed by atoms with Crippen LogP contribution in [-0.4, -0.2) is 0 Å². The van der Waals surface area contributed by atoms with Crippen molar-refractivity contribution in [1.29, 1.82) is 0 Å². The van der Waals surface area contributed by atoms with Gasteiger partial charge < -0.3 is 0 Å². The van der Waals surface area contributed by atoms with Crippen LogP contribution in [0.1, 0.15) is 32.6 Å². The fourth-order valence-electron chi connectivity index (χ4n) is 1.04. The SMILES string of the molecule is C=CC[CH]CCC(C)CC=C. The molecule has 0 fully saturated rings. The zero-order valence-electron chi connectivity index (χ0n) is 7.55. The smallest absolute Gasteiger partial charge is 0.0322 e. The second kappa shape index (κ2) is 7.59. The van der Waals surface area contributed by atoms with Crippen molar-refractivity contribution in [3.05, 3.63) is 31.7 Å². The molecule has 0 heteroatoms. The molecular formula is C11H19. The lowest BCUT2D eigenvalue weighted by molar-refractivity contribution is 0.535. The average molecular weight is 151 g/mol. The van der Waals surface area contributed by atoms with E-state index in [-0.39, 0.29) is 0 Å². The van der Waals surface area contributed by atoms with Gasteiger partial charge in [-0.15, -0.1) is 13.2 Å². The molecule has 0 saturated carbocycles. The van der Waals surface area contributed by atoms with Crippen LogP contribution < -0.4 is 0 Å². The zero-order valence-corrected chi connectivity index (χ0v) is 7.55. The lowest BCUT2D eigenvalue weighted by Gasteiger charge is -2.06. The van der Waals surface area contributed by atoms with Crippen LogP contribution in [0.3, 0.4) is 0 Å². The Morgan fingerprint density at radius 2 is 2.00 bits per heavy atom. The predicted molar refractivity (Wildman–Crippen MR) is 52.3 cm³/mol. The molecule has 0 spiro atoms. The van der Waals surface area contributed by atoms with Crippen LogP contribution in [0.15, 0.2) is 25.3 Å². The molecule has 63 valence electrons. The predicted octanol–water partition coefficient (Wildman–Crippen LogP) is 3.76. The van der Waals surface area contributed by atoms with Crippen molar-refractivity contribution in [1.82, 2.24) is 0 Å². The molecule has 0 aromatic rings. The van der Waals surface area contributed by atoms with E-state index < -0.39 is 0 Å². The lowest BCUT2D eigenvalue weighted by atomic mass is 10.00. The Kier molecular flexibility index (Phi) is 7.23. The van der Waals surface area contributed by atoms with Crippen LogP contribution in [0, 0.1) is 12.3 Å². The Balaban J connectivity index is 3.09. The van der Waals surface area contributed by atoms with Crippen molar-refractivity contribution >= 4 is 0 Å². The normalized spacial score (nSPS) is 12.5. The number of hydrogen-bond acceptors (Lipinski definition) is 0. The van der Waals surface area contributed by atoms with Crippen molar-refractivity contribution in [2.75, 3.05) is 0 Å². The molecule has 1 radical (unpaired) electrons. The summed E-state index contributed by atoms with van der Waals surface area (Å²) in [6.07, 6.45) is 10.9. The molecule has 0 saturated heterocycles. The molecule has 11 heavy (non-hydrogen) atoms. The highest BCUT2D eigenvalue weighted by atomic mass is 14.0. The first-order chi connectivity index (χ1) is 5.31. The number of hydrogen-bond donors (Lipinski definition) is 0. The van der Waals surface area contributed by atoms with Crippen molar-refractivity contribution < 1.29 is 0 Å². The molecule has 0 aliphatic carbocycles. The number of allylic oxidation sites excluding steroid dienone is 2. The standard InChI is InChI=1S/C11H19/c1-4-6-7-8-10-11(3)9-5-2/h4-5,7,11H,1-2,6,8-10H2,3H3. The highest BCUT2D eigenvalue weighted by Gasteiger charge is 1.97. The van der Waals surface area contributed by atoms with Gasteiger partial charge in [-0.25, -0.2) is 0 Å². The number of rotatable bonds is 7. The third-order valence-corrected chi connectivity index (χ3v) is 1.77. The highest BCUT2D eigenvalue weighted by Crippen LogP contribution is 2.12. The van der Waals surface area contributed by atoms with Gasteiger partial charge in [0.05, 0.1) is 0 Å². The van der Waals surface area contributed by atoms with E-state index in [0.29, 0.717) is 0 Å². The molecule has 0 heterocycles. The van der Waals surface area contributed by atoms with E-state index in [9.17, 15) is 0 Å². The minimum absolute atomic E-state index is 0.786. The Morgan fingerprint density at radius 3 is 2.55 bits per heavy atom. The molecule has 0 amide bonds. The average Bonchev–Trinajstić information content (AvgIpc) is 1.99. The van der Waals surface area contributed by atoms with Gasteiger partial charge in [0.2, 0.25) is 0 Å². The molecule has 0 aromatic carbocycles. The summed E-state index contributed by atoms with van der Waals surface area (Å²) in [5, 5.41) is 0. The molecule has 0 nitrogen and oxygen atoms in total. The molecular weight excluding hydrogens is 132 g/mol. The van der Waals surface area contributed by atoms with Gasteiger partial charge in [0.25, 0.3) is 0 Å². The molecule has 0 rings (SSSR count). The summed E-state index contributed by atoms with van der Waals surface area (Å²) in [5.41, 5.74) is 0. The van der Waals surface area contributed by atoms with Crippen LogP contribution in [-0.2, 0) is 0 Å². The van der Waals surface area contributed by atoms with Crippen molar-refractivity contribution in [3.63, 3.8) is 0 Å². The minimum Gasteiger partial charge on any atom is -0.103 e. The van der Waals surface area contributed by atoms with Crippen LogP contribution in [0.25, 0.3) is 0 Å². The third-order valence-electron chi connectivity index (χ3n) is 1.77. The van der Waals surface area contributed by atoms with Crippen LogP contribution >= 0.6 is 0 Å². The minimum atomic E-state index is 0.786. The summed E-state index contributed by atoms with van der Waals surface area (Å²) in [6.45, 7) is 9.65. The second-order valence-electron chi connectivity index (χ2n) is 3.02. The van der Waals surface area contributed by atoms with E-state index in [0.717, 1.165) is 18.8 Å². The van der Waals surface area contributed by atoms with E-state index in [1.165, 1.54) is 12.8 Å². The first-order valence-electron chi connectivity index (χ1n) is 4.34. The quantitative estimate of drug-likeness (QED) is 0.384. The van der Waals surface area contributed by atoms with Crippen molar-refractivity contribution in [2.45, 2.75) is 32.6 Å². The summed E-state index contributed by atoms with van der Waals surface area (Å²) in [4.78, 5) is 0. The number of unbranched alkanes of at least 4 members (excludes halogenated alkanes) is 2. The van der Waals surface area contributed by atoms with E-state index >= 15 is 0 Å². The summed E-state index contributed by atoms with van der Waals surface area (Å²) in [5.74, 6) is 0.786. The van der Waals surface area contributed by atoms with E-state index in [2.05, 4.69) is 26.5 Å². The maximum atomic E-state index is 3.72. The fraction of sp³-hybridized carbons (Fsp3) is 0.545. The summed E-state index contributed by atoms with van der Waals surface area (Å²) < 4.78 is 0. The molecule has 1 atom stereocenters. The monoisotopic (exact) mass is 151 g/mol. The first-order valence-corrected chi connectivity index (χ1v) is 4.34. The van der Waals surface area contributed by atoms with Gasteiger partial charge in [0.1, 0.15) is 0 Å². The largest absolute Gasteiger partial charge is 0.103 e. The molecule has 0 aliphatic rings. The van der Waals surface area contributed by atoms with E-state index in [4.69, 9.17) is 0 Å². The third kappa shape index (κ3) is 7.38. The van der Waals surface area contributed by atoms with E-state index in [1.54, 1.807) is 0 Å². The Bertz CT molecular complexity index is 103. The van der Waals surface area contributed by atoms with Crippen LogP contribution in [0.4, 0.5) is 0 Å². The maximum Gasteiger partial charge on any atom is -0.0322 e. The fourth-order valence-corrected chi connectivity index (χ4v) is 1.04. The van der Waals surface area contributed by atoms with Gasteiger partial charge in [-0.1, -0.05) is 25.5 Å². The topological polar surface area (TPSA) is 0 Å². The summed E-state index contributed by atoms with van der Waals surface area (Å²) in [6, 6.07) is 0. The van der Waals surface area contributed by atoms with Gasteiger partial charge in [-0.05, 0) is 31.6 Å². The van der Waals surface area contributed by atoms with Crippen molar-refractivity contribution in [2.24, 2.45) is 5.92 Å². The molecule has 0 N–H and O–H groups in total. The maximum absolute atomic E-state index is 3.72. The zero-order chi connectivity index (χ0) is 8.53.